The molecule has 68 heavy (non-hydrogen) atoms. The summed E-state index contributed by atoms with van der Waals surface area (Å²) in [4.78, 5) is 5.80. The number of hydrogen-bond acceptors (Lipinski definition) is 3. The first-order valence-corrected chi connectivity index (χ1v) is 26.3. The van der Waals surface area contributed by atoms with Gasteiger partial charge in [0.2, 0.25) is 6.71 Å². The van der Waals surface area contributed by atoms with E-state index in [4.69, 9.17) is 4.74 Å². The second-order valence-electron chi connectivity index (χ2n) is 26.3. The van der Waals surface area contributed by atoms with E-state index in [1.54, 1.807) is 5.56 Å². The van der Waals surface area contributed by atoms with Gasteiger partial charge in [-0.15, -0.1) is 0 Å². The Kier molecular flexibility index (Phi) is 8.57. The van der Waals surface area contributed by atoms with E-state index in [0.717, 1.165) is 18.6 Å². The van der Waals surface area contributed by atoms with Crippen molar-refractivity contribution in [1.29, 1.82) is 0 Å². The summed E-state index contributed by atoms with van der Waals surface area (Å²) in [5.41, 5.74) is 24.3. The molecule has 0 amide bonds. The lowest BCUT2D eigenvalue weighted by molar-refractivity contribution is 0.189. The van der Waals surface area contributed by atoms with E-state index < -0.39 is 0 Å². The number of anilines is 3. The maximum atomic E-state index is 7.11. The minimum atomic E-state index is -0.0764. The fourth-order valence-corrected chi connectivity index (χ4v) is 15.0. The van der Waals surface area contributed by atoms with Crippen molar-refractivity contribution in [1.82, 2.24) is 4.57 Å². The van der Waals surface area contributed by atoms with Crippen molar-refractivity contribution in [3.63, 3.8) is 0 Å². The van der Waals surface area contributed by atoms with Gasteiger partial charge in [0.1, 0.15) is 6.10 Å². The van der Waals surface area contributed by atoms with E-state index in [-0.39, 0.29) is 51.5 Å². The summed E-state index contributed by atoms with van der Waals surface area (Å²) in [6.45, 7) is 32.0. The van der Waals surface area contributed by atoms with Crippen LogP contribution in [0.1, 0.15) is 174 Å². The highest BCUT2D eigenvalue weighted by atomic mass is 16.5. The van der Waals surface area contributed by atoms with Crippen molar-refractivity contribution in [3.05, 3.63) is 141 Å². The van der Waals surface area contributed by atoms with Gasteiger partial charge in [-0.25, -0.2) is 0 Å². The minimum absolute atomic E-state index is 0.0140. The summed E-state index contributed by atoms with van der Waals surface area (Å²) in [7, 11) is 0. The highest BCUT2D eigenvalue weighted by molar-refractivity contribution is 6.95. The van der Waals surface area contributed by atoms with Gasteiger partial charge in [0, 0.05) is 57.7 Å². The van der Waals surface area contributed by atoms with Crippen LogP contribution in [0.3, 0.4) is 0 Å². The van der Waals surface area contributed by atoms with Gasteiger partial charge in [-0.1, -0.05) is 150 Å². The minimum Gasteiger partial charge on any atom is -0.482 e. The molecule has 1 aromatic heterocycles. The van der Waals surface area contributed by atoms with Crippen molar-refractivity contribution < 1.29 is 4.74 Å². The summed E-state index contributed by atoms with van der Waals surface area (Å²) in [6.07, 6.45) is 18.8. The van der Waals surface area contributed by atoms with Crippen LogP contribution in [0, 0.1) is 6.92 Å². The molecular weight excluding hydrogens is 826 g/mol. The van der Waals surface area contributed by atoms with Gasteiger partial charge in [0.25, 0.3) is 0 Å². The Morgan fingerprint density at radius 3 is 2.16 bits per heavy atom. The number of hydrogen-bond donors (Lipinski definition) is 0. The number of aryl methyl sites for hydroxylation is 1. The van der Waals surface area contributed by atoms with Crippen molar-refractivity contribution >= 4 is 56.9 Å². The first kappa shape index (κ1) is 42.9. The topological polar surface area (TPSA) is 20.6 Å². The zero-order chi connectivity index (χ0) is 47.4. The van der Waals surface area contributed by atoms with E-state index in [9.17, 15) is 0 Å². The Morgan fingerprint density at radius 1 is 0.706 bits per heavy atom. The molecule has 8 aliphatic rings. The fraction of sp³-hybridized carbons (Fsp3) is 0.460. The van der Waals surface area contributed by atoms with Crippen LogP contribution < -0.4 is 25.5 Å². The zero-order valence-electron chi connectivity index (χ0n) is 43.3. The van der Waals surface area contributed by atoms with Crippen molar-refractivity contribution in [2.24, 2.45) is 0 Å². The van der Waals surface area contributed by atoms with E-state index in [1.807, 2.05) is 0 Å². The number of benzene rings is 4. The average Bonchev–Trinajstić information content (AvgIpc) is 3.89. The molecule has 5 heterocycles. The lowest BCUT2D eigenvalue weighted by Crippen LogP contribution is -2.61. The van der Waals surface area contributed by atoms with E-state index in [2.05, 4.69) is 195 Å². The molecule has 4 nitrogen and oxygen atoms in total. The molecule has 1 fully saturated rings. The first-order valence-electron chi connectivity index (χ1n) is 26.3. The molecule has 4 aliphatic carbocycles. The Hall–Kier alpha value is -5.16. The highest BCUT2D eigenvalue weighted by Crippen LogP contribution is 2.62. The van der Waals surface area contributed by atoms with E-state index in [1.165, 1.54) is 133 Å². The third kappa shape index (κ3) is 5.51. The van der Waals surface area contributed by atoms with Crippen LogP contribution in [-0.4, -0.2) is 29.0 Å². The SMILES string of the molecule is Cc1cc2c(cc1N1c3cc(C(C)(C)C)ccc3B3C4=C(C=C(N5c6ccc(C(C)(C)C)cc6C6(C)CCCCC56C)CC41)n1c4c(c5cccc3c51)OC1CC=CC=C41)C(C)(C)CCC2(C)C. The molecule has 4 aromatic carbocycles. The average molecular weight is 898 g/mol. The third-order valence-corrected chi connectivity index (χ3v) is 19.3. The zero-order valence-corrected chi connectivity index (χ0v) is 43.3. The van der Waals surface area contributed by atoms with Crippen molar-refractivity contribution in [2.45, 2.75) is 186 Å². The molecule has 0 bridgehead atoms. The van der Waals surface area contributed by atoms with Crippen LogP contribution in [0.2, 0.25) is 0 Å². The molecule has 1 saturated carbocycles. The Bertz CT molecular complexity index is 3210. The van der Waals surface area contributed by atoms with Gasteiger partial charge >= 0.3 is 0 Å². The predicted octanol–water partition coefficient (Wildman–Crippen LogP) is 14.3. The van der Waals surface area contributed by atoms with Gasteiger partial charge in [0.15, 0.2) is 5.75 Å². The molecule has 5 heteroatoms. The Morgan fingerprint density at radius 2 is 1.41 bits per heavy atom. The van der Waals surface area contributed by atoms with Gasteiger partial charge in [-0.05, 0) is 141 Å². The largest absolute Gasteiger partial charge is 0.482 e. The van der Waals surface area contributed by atoms with Crippen LogP contribution in [0.25, 0.3) is 22.2 Å². The number of nitrogens with zero attached hydrogens (tertiary/aromatic N) is 3. The van der Waals surface area contributed by atoms with Crippen LogP contribution in [0.4, 0.5) is 17.1 Å². The number of para-hydroxylation sites is 1. The maximum absolute atomic E-state index is 7.11. The van der Waals surface area contributed by atoms with E-state index >= 15 is 0 Å². The lowest BCUT2D eigenvalue weighted by Gasteiger charge is -2.54. The standard InChI is InChI=1S/C63H72BN3O/c1-37-31-43-44(61(10,11)30-29-60(43,8)9)36-49(37)65-50-33-39(59(5,6)7)23-25-46(50)64-47-21-18-20-42-55(47)66(56-41-19-14-15-22-53(41)68-57(42)56)52-35-40(34-51(65)54(52)64)67-48-26-24-38(58(2,3)4)32-45(48)62(12)27-16-17-28-63(62,67)13/h14-15,18-21,23-26,31-33,35-36,51,53H,16-17,22,27-30,34H2,1-13H3. The number of fused-ring (bicyclic) bond motifs is 13. The third-order valence-electron chi connectivity index (χ3n) is 19.3. The molecule has 0 radical (unpaired) electrons. The monoisotopic (exact) mass is 898 g/mol. The highest BCUT2D eigenvalue weighted by Gasteiger charge is 2.60. The smallest absolute Gasteiger partial charge is 0.247 e. The summed E-state index contributed by atoms with van der Waals surface area (Å²) >= 11 is 0. The molecule has 5 aromatic rings. The summed E-state index contributed by atoms with van der Waals surface area (Å²) < 4.78 is 9.82. The Labute approximate surface area is 407 Å². The fourth-order valence-electron chi connectivity index (χ4n) is 15.0. The van der Waals surface area contributed by atoms with Gasteiger partial charge in [-0.2, -0.15) is 0 Å². The van der Waals surface area contributed by atoms with Gasteiger partial charge < -0.3 is 19.1 Å². The summed E-state index contributed by atoms with van der Waals surface area (Å²) in [6, 6.07) is 27.7. The van der Waals surface area contributed by atoms with Gasteiger partial charge in [0.05, 0.1) is 22.8 Å². The van der Waals surface area contributed by atoms with Crippen molar-refractivity contribution in [3.8, 4) is 5.75 Å². The molecule has 13 rings (SSSR count). The first-order chi connectivity index (χ1) is 32.1. The van der Waals surface area contributed by atoms with Crippen molar-refractivity contribution in [2.75, 3.05) is 9.80 Å². The lowest BCUT2D eigenvalue weighted by atomic mass is 9.31. The maximum Gasteiger partial charge on any atom is 0.247 e. The Balaban J connectivity index is 1.14. The molecule has 4 aliphatic heterocycles. The quantitative estimate of drug-likeness (QED) is 0.165. The predicted molar refractivity (Wildman–Crippen MR) is 288 cm³/mol. The van der Waals surface area contributed by atoms with E-state index in [0.29, 0.717) is 0 Å². The number of allylic oxidation sites excluding steroid dienone is 4. The number of ether oxygens (including phenoxy) is 1. The normalized spacial score (nSPS) is 26.9. The molecule has 4 unspecified atom stereocenters. The molecular formula is C63H72BN3O. The van der Waals surface area contributed by atoms with Crippen LogP contribution in [0.5, 0.6) is 5.75 Å². The van der Waals surface area contributed by atoms with Crippen LogP contribution in [0.15, 0.2) is 102 Å². The molecule has 348 valence electrons. The molecule has 0 N–H and O–H groups in total. The second-order valence-corrected chi connectivity index (χ2v) is 26.3. The molecule has 0 saturated heterocycles. The molecule has 0 spiro atoms. The summed E-state index contributed by atoms with van der Waals surface area (Å²) in [5, 5.41) is 1.25. The van der Waals surface area contributed by atoms with Crippen LogP contribution >= 0.6 is 0 Å². The van der Waals surface area contributed by atoms with Gasteiger partial charge in [-0.3, -0.25) is 0 Å². The number of rotatable bonds is 2. The number of aromatic nitrogens is 1. The second kappa shape index (κ2) is 13.6. The summed E-state index contributed by atoms with van der Waals surface area (Å²) in [5.74, 6) is 1.06. The van der Waals surface area contributed by atoms with Crippen LogP contribution in [-0.2, 0) is 27.1 Å². The molecule has 4 atom stereocenters.